The number of hydrogen-bond acceptors (Lipinski definition) is 6. The highest BCUT2D eigenvalue weighted by molar-refractivity contribution is 7.88. The van der Waals surface area contributed by atoms with Gasteiger partial charge in [-0.15, -0.1) is 11.3 Å². The molecule has 1 saturated heterocycles. The summed E-state index contributed by atoms with van der Waals surface area (Å²) in [6.45, 7) is 0.0582. The van der Waals surface area contributed by atoms with Gasteiger partial charge in [0.2, 0.25) is 10.0 Å². The van der Waals surface area contributed by atoms with Crippen LogP contribution < -0.4 is 16.2 Å². The van der Waals surface area contributed by atoms with Crippen LogP contribution >= 0.6 is 22.9 Å². The summed E-state index contributed by atoms with van der Waals surface area (Å²) < 4.78 is 27.3. The first kappa shape index (κ1) is 24.1. The Morgan fingerprint density at radius 2 is 1.62 bits per heavy atom. The molecule has 3 aromatic rings. The van der Waals surface area contributed by atoms with Gasteiger partial charge in [-0.2, -0.15) is 4.31 Å². The number of nitrogens with one attached hydrogen (secondary N) is 2. The summed E-state index contributed by atoms with van der Waals surface area (Å²) >= 11 is 7.01. The molecule has 0 unspecified atom stereocenters. The number of pyridine rings is 1. The molecule has 0 saturated carbocycles. The van der Waals surface area contributed by atoms with Crippen LogP contribution in [0.1, 0.15) is 20.0 Å². The third-order valence-corrected chi connectivity index (χ3v) is 7.88. The van der Waals surface area contributed by atoms with Crippen molar-refractivity contribution < 1.29 is 18.0 Å². The smallest absolute Gasteiger partial charge is 0.261 e. The van der Waals surface area contributed by atoms with E-state index in [9.17, 15) is 22.8 Å². The summed E-state index contributed by atoms with van der Waals surface area (Å²) in [6.07, 6.45) is 2.71. The Hall–Kier alpha value is -2.99. The molecule has 1 aliphatic heterocycles. The average molecular weight is 521 g/mol. The first-order chi connectivity index (χ1) is 16.1. The molecule has 2 aromatic heterocycles. The van der Waals surface area contributed by atoms with Crippen molar-refractivity contribution in [3.8, 4) is 5.69 Å². The molecule has 1 aliphatic rings. The first-order valence-corrected chi connectivity index (χ1v) is 13.3. The lowest BCUT2D eigenvalue weighted by Gasteiger charge is -2.21. The van der Waals surface area contributed by atoms with E-state index in [1.54, 1.807) is 54.7 Å². The Morgan fingerprint density at radius 1 is 0.971 bits per heavy atom. The number of hydrogen-bond donors (Lipinski definition) is 2. The molecule has 0 bridgehead atoms. The molecule has 178 valence electrons. The van der Waals surface area contributed by atoms with Crippen LogP contribution in [-0.4, -0.2) is 60.5 Å². The largest absolute Gasteiger partial charge is 0.346 e. The molecule has 12 heteroatoms. The fraction of sp³-hybridized carbons (Fsp3) is 0.227. The van der Waals surface area contributed by atoms with E-state index in [4.69, 9.17) is 11.6 Å². The van der Waals surface area contributed by atoms with Crippen molar-refractivity contribution in [1.82, 2.24) is 19.5 Å². The minimum atomic E-state index is -3.53. The van der Waals surface area contributed by atoms with Crippen molar-refractivity contribution in [2.24, 2.45) is 0 Å². The number of carbonyl (C=O) groups excluding carboxylic acids is 2. The van der Waals surface area contributed by atoms with Crippen LogP contribution in [0.25, 0.3) is 5.69 Å². The molecule has 2 N–H and O–H groups in total. The van der Waals surface area contributed by atoms with Crippen molar-refractivity contribution in [2.75, 3.05) is 19.3 Å². The minimum Gasteiger partial charge on any atom is -0.346 e. The molecule has 1 aromatic carbocycles. The predicted octanol–water partition coefficient (Wildman–Crippen LogP) is 1.72. The van der Waals surface area contributed by atoms with Crippen molar-refractivity contribution in [2.45, 2.75) is 12.1 Å². The van der Waals surface area contributed by atoms with Crippen LogP contribution in [0.15, 0.2) is 65.6 Å². The van der Waals surface area contributed by atoms with E-state index in [-0.39, 0.29) is 18.6 Å². The molecule has 0 spiro atoms. The molecule has 9 nitrogen and oxygen atoms in total. The number of rotatable bonds is 6. The number of sulfonamides is 1. The molecule has 0 aliphatic carbocycles. The average Bonchev–Trinajstić information content (AvgIpc) is 3.40. The third kappa shape index (κ3) is 5.39. The van der Waals surface area contributed by atoms with E-state index >= 15 is 0 Å². The molecule has 0 radical (unpaired) electrons. The normalized spacial score (nSPS) is 18.5. The van der Waals surface area contributed by atoms with Gasteiger partial charge in [-0.3, -0.25) is 19.0 Å². The second kappa shape index (κ2) is 9.71. The third-order valence-electron chi connectivity index (χ3n) is 5.42. The topological polar surface area (TPSA) is 118 Å². The van der Waals surface area contributed by atoms with Gasteiger partial charge in [-0.1, -0.05) is 17.7 Å². The van der Waals surface area contributed by atoms with Crippen LogP contribution in [0.3, 0.4) is 0 Å². The summed E-state index contributed by atoms with van der Waals surface area (Å²) in [6, 6.07) is 13.2. The summed E-state index contributed by atoms with van der Waals surface area (Å²) in [7, 11) is -3.53. The molecule has 4 rings (SSSR count). The van der Waals surface area contributed by atoms with Crippen molar-refractivity contribution in [3.63, 3.8) is 0 Å². The van der Waals surface area contributed by atoms with Crippen molar-refractivity contribution >= 4 is 44.8 Å². The second-order valence-corrected chi connectivity index (χ2v) is 11.5. The number of amides is 2. The van der Waals surface area contributed by atoms with Crippen molar-refractivity contribution in [3.05, 3.63) is 85.9 Å². The Balaban J connectivity index is 1.50. The zero-order valence-corrected chi connectivity index (χ0v) is 20.4. The summed E-state index contributed by atoms with van der Waals surface area (Å²) in [5.41, 5.74) is 0.740. The quantitative estimate of drug-likeness (QED) is 0.513. The van der Waals surface area contributed by atoms with Crippen LogP contribution in [0.4, 0.5) is 0 Å². The standard InChI is InChI=1S/C22H21ClN4O5S2/c1-34(31,32)26-12-16(17(13-26)25-22(30)18-9-10-19(23)33-18)24-21(29)14-5-7-15(8-6-14)27-11-3-2-4-20(27)28/h2-11,16-17H,12-13H2,1H3,(H,24,29)(H,25,30)/t16-,17+/m0/s1. The Labute approximate surface area is 205 Å². The van der Waals surface area contributed by atoms with Gasteiger partial charge in [-0.05, 0) is 42.5 Å². The van der Waals surface area contributed by atoms with Crippen LogP contribution in [0.2, 0.25) is 4.34 Å². The summed E-state index contributed by atoms with van der Waals surface area (Å²) in [4.78, 5) is 37.9. The highest BCUT2D eigenvalue weighted by Gasteiger charge is 2.39. The Morgan fingerprint density at radius 3 is 2.18 bits per heavy atom. The maximum absolute atomic E-state index is 12.9. The fourth-order valence-electron chi connectivity index (χ4n) is 3.67. The van der Waals surface area contributed by atoms with Crippen LogP contribution in [0, 0.1) is 0 Å². The number of nitrogens with zero attached hydrogens (tertiary/aromatic N) is 2. The van der Waals surface area contributed by atoms with Gasteiger partial charge in [0, 0.05) is 36.6 Å². The monoisotopic (exact) mass is 520 g/mol. The van der Waals surface area contributed by atoms with E-state index in [1.807, 2.05) is 0 Å². The van der Waals surface area contributed by atoms with Gasteiger partial charge >= 0.3 is 0 Å². The maximum atomic E-state index is 12.9. The predicted molar refractivity (Wildman–Crippen MR) is 130 cm³/mol. The Bertz CT molecular complexity index is 1380. The molecular formula is C22H21ClN4O5S2. The molecule has 3 heterocycles. The Kier molecular flexibility index (Phi) is 6.89. The van der Waals surface area contributed by atoms with Gasteiger partial charge in [0.05, 0.1) is 27.6 Å². The zero-order chi connectivity index (χ0) is 24.5. The van der Waals surface area contributed by atoms with E-state index < -0.39 is 33.9 Å². The lowest BCUT2D eigenvalue weighted by molar-refractivity contribution is 0.0898. The highest BCUT2D eigenvalue weighted by atomic mass is 35.5. The molecular weight excluding hydrogens is 500 g/mol. The van der Waals surface area contributed by atoms with Gasteiger partial charge in [-0.25, -0.2) is 8.42 Å². The first-order valence-electron chi connectivity index (χ1n) is 10.2. The second-order valence-electron chi connectivity index (χ2n) is 7.80. The number of halogens is 1. The van der Waals surface area contributed by atoms with E-state index in [0.29, 0.717) is 20.5 Å². The van der Waals surface area contributed by atoms with Crippen LogP contribution in [-0.2, 0) is 10.0 Å². The molecule has 2 amide bonds. The highest BCUT2D eigenvalue weighted by Crippen LogP contribution is 2.22. The fourth-order valence-corrected chi connectivity index (χ4v) is 5.48. The summed E-state index contributed by atoms with van der Waals surface area (Å²) in [5, 5.41) is 5.64. The van der Waals surface area contributed by atoms with Gasteiger partial charge in [0.25, 0.3) is 17.4 Å². The SMILES string of the molecule is CS(=O)(=O)N1C[C@H](NC(=O)c2ccc(-n3ccccc3=O)cc2)[C@H](NC(=O)c2ccc(Cl)s2)C1. The van der Waals surface area contributed by atoms with Crippen LogP contribution in [0.5, 0.6) is 0 Å². The maximum Gasteiger partial charge on any atom is 0.261 e. The molecule has 1 fully saturated rings. The van der Waals surface area contributed by atoms with E-state index in [1.165, 1.54) is 14.9 Å². The van der Waals surface area contributed by atoms with Gasteiger partial charge in [0.15, 0.2) is 0 Å². The van der Waals surface area contributed by atoms with E-state index in [2.05, 4.69) is 10.6 Å². The molecule has 34 heavy (non-hydrogen) atoms. The minimum absolute atomic E-state index is 0.0260. The zero-order valence-electron chi connectivity index (χ0n) is 18.0. The van der Waals surface area contributed by atoms with Gasteiger partial charge < -0.3 is 10.6 Å². The number of thiophene rings is 1. The lowest BCUT2D eigenvalue weighted by Crippen LogP contribution is -2.50. The number of benzene rings is 1. The number of carbonyl (C=O) groups is 2. The lowest BCUT2D eigenvalue weighted by atomic mass is 10.1. The van der Waals surface area contributed by atoms with Gasteiger partial charge in [0.1, 0.15) is 0 Å². The molecule has 2 atom stereocenters. The van der Waals surface area contributed by atoms with E-state index in [0.717, 1.165) is 17.6 Å². The number of aromatic nitrogens is 1. The van der Waals surface area contributed by atoms with Crippen molar-refractivity contribution in [1.29, 1.82) is 0 Å². The summed E-state index contributed by atoms with van der Waals surface area (Å²) in [5.74, 6) is -0.820.